The molecule has 0 saturated carbocycles. The van der Waals surface area contributed by atoms with Crippen molar-refractivity contribution in [1.29, 1.82) is 0 Å². The Morgan fingerprint density at radius 2 is 1.70 bits per heavy atom. The number of benzene rings is 2. The number of anilines is 3. The molecule has 0 aliphatic heterocycles. The molecule has 8 heteroatoms. The normalized spacial score (nSPS) is 10.1. The van der Waals surface area contributed by atoms with Crippen molar-refractivity contribution in [3.8, 4) is 0 Å². The molecular formula is C19H22N4O4. The topological polar surface area (TPSA) is 113 Å². The Labute approximate surface area is 157 Å². The van der Waals surface area contributed by atoms with Gasteiger partial charge in [-0.1, -0.05) is 6.07 Å². The molecule has 0 radical (unpaired) electrons. The molecule has 0 spiro atoms. The van der Waals surface area contributed by atoms with Crippen molar-refractivity contribution in [1.82, 2.24) is 0 Å². The lowest BCUT2D eigenvalue weighted by Gasteiger charge is -2.11. The second kappa shape index (κ2) is 9.33. The zero-order valence-electron chi connectivity index (χ0n) is 15.2. The van der Waals surface area contributed by atoms with Gasteiger partial charge in [-0.05, 0) is 43.2 Å². The largest absolute Gasteiger partial charge is 0.385 e. The molecule has 2 rings (SSSR count). The molecule has 0 aromatic heterocycles. The molecule has 0 bridgehead atoms. The summed E-state index contributed by atoms with van der Waals surface area (Å²) in [6.45, 7) is 3.87. The van der Waals surface area contributed by atoms with Crippen molar-refractivity contribution >= 4 is 34.6 Å². The first-order chi connectivity index (χ1) is 12.8. The summed E-state index contributed by atoms with van der Waals surface area (Å²) in [7, 11) is 0. The van der Waals surface area contributed by atoms with Crippen molar-refractivity contribution in [2.45, 2.75) is 26.7 Å². The quantitative estimate of drug-likeness (QED) is 0.372. The summed E-state index contributed by atoms with van der Waals surface area (Å²) in [4.78, 5) is 33.4. The SMILES string of the molecule is CC(=O)Nc1cc(NC(=O)CCCNc2ccc([N+](=O)[O-])cc2)ccc1C. The van der Waals surface area contributed by atoms with Crippen LogP contribution in [0.3, 0.4) is 0 Å². The van der Waals surface area contributed by atoms with Crippen LogP contribution in [0.15, 0.2) is 42.5 Å². The number of carbonyl (C=O) groups is 2. The standard InChI is InChI=1S/C19H22N4O4/c1-13-5-6-16(12-18(13)21-14(2)24)22-19(25)4-3-11-20-15-7-9-17(10-8-15)23(26)27/h5-10,12,20H,3-4,11H2,1-2H3,(H,21,24)(H,22,25). The summed E-state index contributed by atoms with van der Waals surface area (Å²) in [5.74, 6) is -0.294. The smallest absolute Gasteiger partial charge is 0.269 e. The number of nitrogens with zero attached hydrogens (tertiary/aromatic N) is 1. The molecule has 0 unspecified atom stereocenters. The predicted octanol–water partition coefficient (Wildman–Crippen LogP) is 3.69. The van der Waals surface area contributed by atoms with Gasteiger partial charge in [0.15, 0.2) is 0 Å². The fraction of sp³-hybridized carbons (Fsp3) is 0.263. The van der Waals surface area contributed by atoms with Gasteiger partial charge in [0, 0.05) is 49.1 Å². The maximum absolute atomic E-state index is 12.1. The zero-order valence-corrected chi connectivity index (χ0v) is 15.2. The van der Waals surface area contributed by atoms with Gasteiger partial charge in [-0.2, -0.15) is 0 Å². The van der Waals surface area contributed by atoms with E-state index in [9.17, 15) is 19.7 Å². The molecule has 0 saturated heterocycles. The van der Waals surface area contributed by atoms with E-state index in [-0.39, 0.29) is 17.5 Å². The number of aryl methyl sites for hydroxylation is 1. The van der Waals surface area contributed by atoms with Gasteiger partial charge in [0.2, 0.25) is 11.8 Å². The first-order valence-electron chi connectivity index (χ1n) is 8.51. The Bertz CT molecular complexity index is 834. The number of non-ortho nitro benzene ring substituents is 1. The first-order valence-corrected chi connectivity index (χ1v) is 8.51. The van der Waals surface area contributed by atoms with E-state index in [1.165, 1.54) is 19.1 Å². The Kier molecular flexibility index (Phi) is 6.87. The van der Waals surface area contributed by atoms with Crippen molar-refractivity contribution in [2.75, 3.05) is 22.5 Å². The van der Waals surface area contributed by atoms with Crippen molar-refractivity contribution in [3.63, 3.8) is 0 Å². The average Bonchev–Trinajstić information content (AvgIpc) is 2.61. The lowest BCUT2D eigenvalue weighted by Crippen LogP contribution is -2.14. The summed E-state index contributed by atoms with van der Waals surface area (Å²) in [6.07, 6.45) is 0.927. The van der Waals surface area contributed by atoms with E-state index >= 15 is 0 Å². The second-order valence-corrected chi connectivity index (χ2v) is 6.09. The lowest BCUT2D eigenvalue weighted by molar-refractivity contribution is -0.384. The van der Waals surface area contributed by atoms with Crippen LogP contribution in [0, 0.1) is 17.0 Å². The molecule has 2 aromatic carbocycles. The molecule has 2 aromatic rings. The maximum atomic E-state index is 12.1. The highest BCUT2D eigenvalue weighted by Gasteiger charge is 2.07. The van der Waals surface area contributed by atoms with E-state index in [4.69, 9.17) is 0 Å². The van der Waals surface area contributed by atoms with Gasteiger partial charge in [0.05, 0.1) is 4.92 Å². The molecule has 0 aliphatic carbocycles. The molecule has 8 nitrogen and oxygen atoms in total. The third kappa shape index (κ3) is 6.43. The number of carbonyl (C=O) groups excluding carboxylic acids is 2. The number of nitro groups is 1. The van der Waals surface area contributed by atoms with Crippen LogP contribution in [-0.4, -0.2) is 23.3 Å². The van der Waals surface area contributed by atoms with Gasteiger partial charge in [0.25, 0.3) is 5.69 Å². The van der Waals surface area contributed by atoms with Gasteiger partial charge >= 0.3 is 0 Å². The minimum atomic E-state index is -0.448. The van der Waals surface area contributed by atoms with Crippen LogP contribution in [0.1, 0.15) is 25.3 Å². The van der Waals surface area contributed by atoms with Gasteiger partial charge in [-0.15, -0.1) is 0 Å². The fourth-order valence-electron chi connectivity index (χ4n) is 2.43. The summed E-state index contributed by atoms with van der Waals surface area (Å²) in [6, 6.07) is 11.5. The molecule has 0 atom stereocenters. The van der Waals surface area contributed by atoms with Gasteiger partial charge in [-0.25, -0.2) is 0 Å². The molecule has 142 valence electrons. The van der Waals surface area contributed by atoms with Crippen molar-refractivity contribution in [2.24, 2.45) is 0 Å². The summed E-state index contributed by atoms with van der Waals surface area (Å²) >= 11 is 0. The highest BCUT2D eigenvalue weighted by Crippen LogP contribution is 2.20. The molecule has 0 fully saturated rings. The van der Waals surface area contributed by atoms with Crippen LogP contribution in [0.5, 0.6) is 0 Å². The van der Waals surface area contributed by atoms with E-state index in [2.05, 4.69) is 16.0 Å². The second-order valence-electron chi connectivity index (χ2n) is 6.09. The number of nitrogens with one attached hydrogen (secondary N) is 3. The van der Waals surface area contributed by atoms with Crippen LogP contribution in [0.25, 0.3) is 0 Å². The van der Waals surface area contributed by atoms with Crippen LogP contribution in [0.4, 0.5) is 22.7 Å². The molecule has 3 N–H and O–H groups in total. The van der Waals surface area contributed by atoms with Gasteiger partial charge in [0.1, 0.15) is 0 Å². The van der Waals surface area contributed by atoms with E-state index in [1.807, 2.05) is 13.0 Å². The van der Waals surface area contributed by atoms with Crippen LogP contribution >= 0.6 is 0 Å². The van der Waals surface area contributed by atoms with E-state index in [0.29, 0.717) is 30.8 Å². The number of amides is 2. The number of nitro benzene ring substituents is 1. The lowest BCUT2D eigenvalue weighted by atomic mass is 10.1. The average molecular weight is 370 g/mol. The minimum Gasteiger partial charge on any atom is -0.385 e. The first kappa shape index (κ1) is 19.9. The monoisotopic (exact) mass is 370 g/mol. The molecule has 0 heterocycles. The number of hydrogen-bond acceptors (Lipinski definition) is 5. The van der Waals surface area contributed by atoms with E-state index < -0.39 is 4.92 Å². The molecule has 2 amide bonds. The van der Waals surface area contributed by atoms with Crippen LogP contribution in [0.2, 0.25) is 0 Å². The fourth-order valence-corrected chi connectivity index (χ4v) is 2.43. The minimum absolute atomic E-state index is 0.0386. The summed E-state index contributed by atoms with van der Waals surface area (Å²) in [5.41, 5.74) is 3.00. The predicted molar refractivity (Wildman–Crippen MR) is 105 cm³/mol. The molecule has 0 aliphatic rings. The highest BCUT2D eigenvalue weighted by atomic mass is 16.6. The zero-order chi connectivity index (χ0) is 19.8. The van der Waals surface area contributed by atoms with Crippen molar-refractivity contribution < 1.29 is 14.5 Å². The highest BCUT2D eigenvalue weighted by molar-refractivity contribution is 5.93. The summed E-state index contributed by atoms with van der Waals surface area (Å²) in [5, 5.41) is 19.3. The third-order valence-electron chi connectivity index (χ3n) is 3.82. The third-order valence-corrected chi connectivity index (χ3v) is 3.82. The Hall–Kier alpha value is -3.42. The van der Waals surface area contributed by atoms with Crippen molar-refractivity contribution in [3.05, 3.63) is 58.1 Å². The van der Waals surface area contributed by atoms with Crippen LogP contribution < -0.4 is 16.0 Å². The van der Waals surface area contributed by atoms with E-state index in [0.717, 1.165) is 11.3 Å². The van der Waals surface area contributed by atoms with Gasteiger partial charge in [-0.3, -0.25) is 19.7 Å². The van der Waals surface area contributed by atoms with Gasteiger partial charge < -0.3 is 16.0 Å². The Morgan fingerprint density at radius 1 is 1.04 bits per heavy atom. The number of rotatable bonds is 8. The number of hydrogen-bond donors (Lipinski definition) is 3. The summed E-state index contributed by atoms with van der Waals surface area (Å²) < 4.78 is 0. The maximum Gasteiger partial charge on any atom is 0.269 e. The Morgan fingerprint density at radius 3 is 2.33 bits per heavy atom. The van der Waals surface area contributed by atoms with E-state index in [1.54, 1.807) is 24.3 Å². The molecule has 27 heavy (non-hydrogen) atoms. The Balaban J connectivity index is 1.77. The molecular weight excluding hydrogens is 348 g/mol. The van der Waals surface area contributed by atoms with Crippen LogP contribution in [-0.2, 0) is 9.59 Å².